The minimum absolute atomic E-state index is 0.356. The van der Waals surface area contributed by atoms with Crippen molar-refractivity contribution in [3.05, 3.63) is 275 Å². The first-order valence-electron chi connectivity index (χ1n) is 22.6. The number of fused-ring (bicyclic) bond motifs is 18. The molecule has 5 aliphatic rings. The van der Waals surface area contributed by atoms with Gasteiger partial charge >= 0.3 is 0 Å². The molecular formula is C62H41NO. The Balaban J connectivity index is 1.02. The molecule has 64 heavy (non-hydrogen) atoms. The van der Waals surface area contributed by atoms with Crippen LogP contribution in [0.1, 0.15) is 57.3 Å². The Morgan fingerprint density at radius 1 is 0.359 bits per heavy atom. The molecule has 2 nitrogen and oxygen atoms in total. The van der Waals surface area contributed by atoms with Crippen molar-refractivity contribution >= 4 is 22.6 Å². The molecule has 0 N–H and O–H groups in total. The van der Waals surface area contributed by atoms with Gasteiger partial charge in [-0.2, -0.15) is 0 Å². The number of anilines is 3. The molecule has 300 valence electrons. The zero-order valence-electron chi connectivity index (χ0n) is 35.1. The average molecular weight is 816 g/mol. The highest BCUT2D eigenvalue weighted by atomic mass is 16.5. The van der Waals surface area contributed by atoms with Crippen LogP contribution < -0.4 is 9.64 Å². The normalized spacial score (nSPS) is 17.1. The Morgan fingerprint density at radius 3 is 1.58 bits per heavy atom. The van der Waals surface area contributed by atoms with Crippen molar-refractivity contribution in [3.8, 4) is 44.9 Å². The quantitative estimate of drug-likeness (QED) is 0.175. The molecule has 4 aliphatic carbocycles. The molecule has 0 saturated carbocycles. The Kier molecular flexibility index (Phi) is 7.40. The lowest BCUT2D eigenvalue weighted by atomic mass is 9.66. The number of nitrogens with zero attached hydrogens (tertiary/aromatic N) is 1. The summed E-state index contributed by atoms with van der Waals surface area (Å²) < 4.78 is 6.71. The number of hydrogen-bond acceptors (Lipinski definition) is 2. The van der Waals surface area contributed by atoms with E-state index in [1.807, 2.05) is 0 Å². The van der Waals surface area contributed by atoms with Crippen molar-refractivity contribution in [1.29, 1.82) is 0 Å². The van der Waals surface area contributed by atoms with E-state index in [2.05, 4.69) is 229 Å². The standard InChI is InChI=1S/C62H41NO/c1-2-16-40(17-3-1)41-30-32-42(33-31-41)63(43-35-37-55-50(38-43)48-21-7-11-25-54(48)61(55)51-22-8-4-18-45(51)46-19-5-9-23-52(46)61)44-34-36-49-47-20-6-10-24-53(47)62(58(49)39-44)56-26-12-14-28-59(56)64-60-29-15-13-27-57(60)62/h1-4,6-18,20-39H,5,19H2. The lowest BCUT2D eigenvalue weighted by Crippen LogP contribution is -2.32. The van der Waals surface area contributed by atoms with Crippen LogP contribution in [0.2, 0.25) is 0 Å². The maximum atomic E-state index is 6.71. The monoisotopic (exact) mass is 815 g/mol. The fourth-order valence-electron chi connectivity index (χ4n) is 12.4. The summed E-state index contributed by atoms with van der Waals surface area (Å²) in [6.07, 6.45) is 6.96. The average Bonchev–Trinajstić information content (AvgIpc) is 3.95. The van der Waals surface area contributed by atoms with Crippen LogP contribution in [0.4, 0.5) is 17.1 Å². The summed E-state index contributed by atoms with van der Waals surface area (Å²) in [7, 11) is 0. The van der Waals surface area contributed by atoms with Crippen LogP contribution in [0.5, 0.6) is 11.5 Å². The smallest absolute Gasteiger partial charge is 0.132 e. The largest absolute Gasteiger partial charge is 0.457 e. The van der Waals surface area contributed by atoms with Crippen molar-refractivity contribution in [2.24, 2.45) is 0 Å². The number of hydrogen-bond donors (Lipinski definition) is 0. The third-order valence-corrected chi connectivity index (χ3v) is 14.8. The molecule has 0 bridgehead atoms. The summed E-state index contributed by atoms with van der Waals surface area (Å²) >= 11 is 0. The van der Waals surface area contributed by atoms with Gasteiger partial charge in [-0.25, -0.2) is 0 Å². The van der Waals surface area contributed by atoms with Crippen LogP contribution in [0, 0.1) is 0 Å². The fourth-order valence-corrected chi connectivity index (χ4v) is 12.4. The minimum Gasteiger partial charge on any atom is -0.457 e. The molecule has 9 aromatic rings. The predicted octanol–water partition coefficient (Wildman–Crippen LogP) is 15.7. The Hall–Kier alpha value is -7.94. The van der Waals surface area contributed by atoms with Crippen LogP contribution in [0.3, 0.4) is 0 Å². The summed E-state index contributed by atoms with van der Waals surface area (Å²) in [6, 6.07) is 78.8. The van der Waals surface area contributed by atoms with Crippen LogP contribution in [-0.2, 0) is 10.8 Å². The van der Waals surface area contributed by atoms with Crippen LogP contribution in [0.25, 0.3) is 39.0 Å². The first kappa shape index (κ1) is 35.6. The maximum Gasteiger partial charge on any atom is 0.132 e. The van der Waals surface area contributed by atoms with E-state index >= 15 is 0 Å². The lowest BCUT2D eigenvalue weighted by molar-refractivity contribution is 0.436. The summed E-state index contributed by atoms with van der Waals surface area (Å²) in [6.45, 7) is 0. The highest BCUT2D eigenvalue weighted by Crippen LogP contribution is 2.65. The predicted molar refractivity (Wildman–Crippen MR) is 261 cm³/mol. The second-order valence-electron chi connectivity index (χ2n) is 17.8. The van der Waals surface area contributed by atoms with Crippen molar-refractivity contribution in [2.75, 3.05) is 4.90 Å². The second-order valence-corrected chi connectivity index (χ2v) is 17.8. The SMILES string of the molecule is C1=CC2=C(CC1)c1ccccc1C21c2ccccc2-c2cc(N(c3ccc(-c4ccccc4)cc3)c3ccc4c(c3)C3(c5ccccc5Oc5ccccc53)c3ccccc3-4)ccc21. The highest BCUT2D eigenvalue weighted by Gasteiger charge is 2.53. The van der Waals surface area contributed by atoms with Gasteiger partial charge in [0.2, 0.25) is 0 Å². The number of para-hydroxylation sites is 2. The van der Waals surface area contributed by atoms with Crippen molar-refractivity contribution in [3.63, 3.8) is 0 Å². The molecule has 2 spiro atoms. The summed E-state index contributed by atoms with van der Waals surface area (Å²) in [5.74, 6) is 1.79. The van der Waals surface area contributed by atoms with E-state index < -0.39 is 5.41 Å². The Bertz CT molecular complexity index is 3440. The molecule has 0 saturated heterocycles. The maximum absolute atomic E-state index is 6.71. The molecule has 2 heteroatoms. The van der Waals surface area contributed by atoms with Gasteiger partial charge in [-0.1, -0.05) is 176 Å². The van der Waals surface area contributed by atoms with Gasteiger partial charge in [0, 0.05) is 28.2 Å². The molecule has 1 aliphatic heterocycles. The molecule has 9 aromatic carbocycles. The van der Waals surface area contributed by atoms with Crippen molar-refractivity contribution < 1.29 is 4.74 Å². The minimum atomic E-state index is -0.575. The molecule has 0 aromatic heterocycles. The van der Waals surface area contributed by atoms with E-state index in [0.717, 1.165) is 52.5 Å². The molecule has 1 atom stereocenters. The zero-order valence-corrected chi connectivity index (χ0v) is 35.1. The molecule has 0 amide bonds. The second kappa shape index (κ2) is 13.3. The van der Waals surface area contributed by atoms with E-state index in [-0.39, 0.29) is 5.41 Å². The van der Waals surface area contributed by atoms with Crippen molar-refractivity contribution in [1.82, 2.24) is 0 Å². The highest BCUT2D eigenvalue weighted by molar-refractivity contribution is 5.98. The number of allylic oxidation sites excluding steroid dienone is 4. The topological polar surface area (TPSA) is 12.5 Å². The molecule has 1 heterocycles. The van der Waals surface area contributed by atoms with Gasteiger partial charge < -0.3 is 9.64 Å². The third-order valence-electron chi connectivity index (χ3n) is 14.8. The first-order valence-corrected chi connectivity index (χ1v) is 22.6. The first-order chi connectivity index (χ1) is 31.7. The number of rotatable bonds is 4. The molecular weight excluding hydrogens is 775 g/mol. The summed E-state index contributed by atoms with van der Waals surface area (Å²) in [5, 5.41) is 0. The van der Waals surface area contributed by atoms with Crippen LogP contribution in [0.15, 0.2) is 230 Å². The fraction of sp³-hybridized carbons (Fsp3) is 0.0645. The molecule has 0 radical (unpaired) electrons. The third kappa shape index (κ3) is 4.59. The van der Waals surface area contributed by atoms with E-state index in [1.54, 1.807) is 0 Å². The van der Waals surface area contributed by atoms with E-state index in [4.69, 9.17) is 4.74 Å². The lowest BCUT2D eigenvalue weighted by Gasteiger charge is -2.39. The van der Waals surface area contributed by atoms with Gasteiger partial charge in [-0.3, -0.25) is 0 Å². The van der Waals surface area contributed by atoms with Gasteiger partial charge in [0.15, 0.2) is 0 Å². The molecule has 1 unspecified atom stereocenters. The van der Waals surface area contributed by atoms with Gasteiger partial charge in [0.25, 0.3) is 0 Å². The summed E-state index contributed by atoms with van der Waals surface area (Å²) in [5.41, 5.74) is 23.2. The van der Waals surface area contributed by atoms with Gasteiger partial charge in [0.1, 0.15) is 11.5 Å². The zero-order chi connectivity index (χ0) is 42.0. The molecule has 14 rings (SSSR count). The van der Waals surface area contributed by atoms with Crippen LogP contribution in [-0.4, -0.2) is 0 Å². The van der Waals surface area contributed by atoms with Gasteiger partial charge in [0.05, 0.1) is 10.8 Å². The van der Waals surface area contributed by atoms with E-state index in [9.17, 15) is 0 Å². The Morgan fingerprint density at radius 2 is 0.859 bits per heavy atom. The molecule has 0 fully saturated rings. The number of ether oxygens (including phenoxy) is 1. The number of benzene rings is 9. The van der Waals surface area contributed by atoms with E-state index in [0.29, 0.717) is 0 Å². The van der Waals surface area contributed by atoms with Gasteiger partial charge in [-0.15, -0.1) is 0 Å². The Labute approximate surface area is 373 Å². The van der Waals surface area contributed by atoms with Crippen LogP contribution >= 0.6 is 0 Å². The van der Waals surface area contributed by atoms with Gasteiger partial charge in [-0.05, 0) is 139 Å². The van der Waals surface area contributed by atoms with E-state index in [1.165, 1.54) is 77.9 Å². The summed E-state index contributed by atoms with van der Waals surface area (Å²) in [4.78, 5) is 2.48. The van der Waals surface area contributed by atoms with Crippen molar-refractivity contribution in [2.45, 2.75) is 23.7 Å².